The van der Waals surface area contributed by atoms with E-state index in [1.165, 1.54) is 0 Å². The number of hydrogen-bond acceptors (Lipinski definition) is 2. The molecule has 0 atom stereocenters. The summed E-state index contributed by atoms with van der Waals surface area (Å²) in [5.74, 6) is -1.71. The number of carboxylic acid groups (broad SMARTS) is 2. The summed E-state index contributed by atoms with van der Waals surface area (Å²) in [5, 5.41) is 17.3. The fraction of sp³-hybridized carbons (Fsp3) is 0.857. The summed E-state index contributed by atoms with van der Waals surface area (Å²) >= 11 is 11.6. The molecule has 118 valence electrons. The van der Waals surface area contributed by atoms with E-state index in [0.717, 1.165) is 38.5 Å². The molecule has 0 bridgehead atoms. The molecule has 0 saturated heterocycles. The van der Waals surface area contributed by atoms with Crippen LogP contribution in [-0.4, -0.2) is 31.9 Å². The molecule has 0 aromatic carbocycles. The number of carboxylic acids is 2. The van der Waals surface area contributed by atoms with Gasteiger partial charge in [-0.05, 0) is 25.7 Å². The monoisotopic (exact) mass is 438 g/mol. The number of carbonyl (C=O) groups is 2. The van der Waals surface area contributed by atoms with Gasteiger partial charge < -0.3 is 10.2 Å². The van der Waals surface area contributed by atoms with E-state index < -0.39 is 21.7 Å². The van der Waals surface area contributed by atoms with Crippen LogP contribution in [0.4, 0.5) is 0 Å². The van der Waals surface area contributed by atoms with Crippen LogP contribution in [0, 0.1) is 0 Å². The van der Waals surface area contributed by atoms with Crippen LogP contribution in [0.15, 0.2) is 0 Å². The van der Waals surface area contributed by atoms with E-state index in [2.05, 4.69) is 0 Å². The molecule has 0 unspecified atom stereocenters. The molecule has 0 aromatic rings. The summed E-state index contributed by atoms with van der Waals surface area (Å²) in [7, 11) is 0. The zero-order valence-electron chi connectivity index (χ0n) is 12.2. The molecule has 0 amide bonds. The average molecular weight is 438 g/mol. The minimum atomic E-state index is -0.932. The van der Waals surface area contributed by atoms with Gasteiger partial charge in [-0.2, -0.15) is 0 Å². The van der Waals surface area contributed by atoms with Crippen molar-refractivity contribution in [1.29, 1.82) is 0 Å². The summed E-state index contributed by atoms with van der Waals surface area (Å²) < 4.78 is 0. The molecule has 0 heterocycles. The van der Waals surface area contributed by atoms with Gasteiger partial charge in [0.15, 0.2) is 0 Å². The first-order valence-electron chi connectivity index (χ1n) is 7.15. The van der Waals surface area contributed by atoms with E-state index in [4.69, 9.17) is 33.4 Å². The molecule has 0 radical (unpaired) electrons. The van der Waals surface area contributed by atoms with Gasteiger partial charge in [0, 0.05) is 27.3 Å². The van der Waals surface area contributed by atoms with Gasteiger partial charge in [0.25, 0.3) is 0 Å². The Bertz CT molecular complexity index is 317. The van der Waals surface area contributed by atoms with Gasteiger partial charge >= 0.3 is 11.9 Å². The Hall–Kier alpha value is 0.442. The van der Waals surface area contributed by atoms with Crippen molar-refractivity contribution in [3.8, 4) is 0 Å². The van der Waals surface area contributed by atoms with Crippen molar-refractivity contribution in [1.82, 2.24) is 0 Å². The van der Waals surface area contributed by atoms with Gasteiger partial charge in [-0.1, -0.05) is 38.5 Å². The van der Waals surface area contributed by atoms with Gasteiger partial charge in [-0.3, -0.25) is 9.59 Å². The predicted molar refractivity (Wildman–Crippen MR) is 78.6 cm³/mol. The molecule has 2 aliphatic rings. The molecule has 2 rings (SSSR count). The number of rotatable bonds is 2. The van der Waals surface area contributed by atoms with Crippen molar-refractivity contribution in [2.24, 2.45) is 0 Å². The first-order valence-corrected chi connectivity index (χ1v) is 7.90. The molecular weight excluding hydrogens is 415 g/mol. The summed E-state index contributed by atoms with van der Waals surface area (Å²) in [6, 6.07) is 0. The molecule has 2 fully saturated rings. The maximum Gasteiger partial charge on any atom is 0.324 e. The number of hydrogen-bond donors (Lipinski definition) is 2. The second kappa shape index (κ2) is 9.55. The smallest absolute Gasteiger partial charge is 0.324 e. The van der Waals surface area contributed by atoms with Crippen LogP contribution in [0.3, 0.4) is 0 Å². The summed E-state index contributed by atoms with van der Waals surface area (Å²) in [6.07, 6.45) is 8.59. The van der Waals surface area contributed by atoms with Crippen molar-refractivity contribution in [3.63, 3.8) is 0 Å². The van der Waals surface area contributed by atoms with Gasteiger partial charge in [0.2, 0.25) is 0 Å². The topological polar surface area (TPSA) is 74.6 Å². The first kappa shape index (κ1) is 21.4. The van der Waals surface area contributed by atoms with Gasteiger partial charge in [-0.15, -0.1) is 23.2 Å². The van der Waals surface area contributed by atoms with E-state index in [9.17, 15) is 9.59 Å². The third-order valence-corrected chi connectivity index (χ3v) is 5.14. The molecular formula is C14H22CdCl2O4. The molecule has 21 heavy (non-hydrogen) atoms. The molecule has 2 saturated carbocycles. The van der Waals surface area contributed by atoms with E-state index in [0.29, 0.717) is 25.7 Å². The fourth-order valence-electron chi connectivity index (χ4n) is 2.65. The third kappa shape index (κ3) is 6.61. The van der Waals surface area contributed by atoms with Crippen LogP contribution < -0.4 is 0 Å². The minimum Gasteiger partial charge on any atom is -0.480 e. The van der Waals surface area contributed by atoms with Crippen LogP contribution in [-0.2, 0) is 36.9 Å². The van der Waals surface area contributed by atoms with Crippen LogP contribution in [0.25, 0.3) is 0 Å². The van der Waals surface area contributed by atoms with Crippen molar-refractivity contribution >= 4 is 35.1 Å². The van der Waals surface area contributed by atoms with Crippen LogP contribution in [0.5, 0.6) is 0 Å². The van der Waals surface area contributed by atoms with Crippen LogP contribution in [0.2, 0.25) is 0 Å². The maximum absolute atomic E-state index is 10.5. The number of halogens is 2. The number of alkyl halides is 2. The Morgan fingerprint density at radius 1 is 0.667 bits per heavy atom. The van der Waals surface area contributed by atoms with Crippen molar-refractivity contribution in [2.45, 2.75) is 74.0 Å². The van der Waals surface area contributed by atoms with Gasteiger partial charge in [-0.25, -0.2) is 0 Å². The Kier molecular flexibility index (Phi) is 9.75. The zero-order valence-corrected chi connectivity index (χ0v) is 17.8. The minimum absolute atomic E-state index is 0. The second-order valence-corrected chi connectivity index (χ2v) is 7.11. The number of aliphatic carboxylic acids is 2. The van der Waals surface area contributed by atoms with E-state index in [1.807, 2.05) is 0 Å². The van der Waals surface area contributed by atoms with Crippen molar-refractivity contribution in [2.75, 3.05) is 0 Å². The van der Waals surface area contributed by atoms with Gasteiger partial charge in [0.05, 0.1) is 0 Å². The zero-order chi connectivity index (χ0) is 15.2. The Morgan fingerprint density at radius 2 is 0.905 bits per heavy atom. The van der Waals surface area contributed by atoms with Crippen LogP contribution >= 0.6 is 23.2 Å². The van der Waals surface area contributed by atoms with E-state index in [1.54, 1.807) is 0 Å². The molecule has 7 heteroatoms. The van der Waals surface area contributed by atoms with E-state index in [-0.39, 0.29) is 27.3 Å². The first-order chi connectivity index (χ1) is 9.30. The standard InChI is InChI=1S/2C7H11ClO2.Cd/c2*8-7(6(9)10)4-2-1-3-5-7;/h2*1-5H2,(H,9,10);. The van der Waals surface area contributed by atoms with Crippen LogP contribution in [0.1, 0.15) is 64.2 Å². The van der Waals surface area contributed by atoms with Crippen molar-refractivity contribution in [3.05, 3.63) is 0 Å². The van der Waals surface area contributed by atoms with Gasteiger partial charge in [0.1, 0.15) is 9.75 Å². The second-order valence-electron chi connectivity index (χ2n) is 5.66. The molecule has 2 N–H and O–H groups in total. The SMILES string of the molecule is O=C(O)C1(Cl)CCCCC1.O=C(O)C1(Cl)CCCCC1.[Cd]. The summed E-state index contributed by atoms with van der Waals surface area (Å²) in [5.41, 5.74) is 0. The summed E-state index contributed by atoms with van der Waals surface area (Å²) in [4.78, 5) is 19.2. The maximum atomic E-state index is 10.5. The molecule has 0 spiro atoms. The normalized spacial score (nSPS) is 23.0. The summed E-state index contributed by atoms with van der Waals surface area (Å²) in [6.45, 7) is 0. The quantitative estimate of drug-likeness (QED) is 0.505. The predicted octanol–water partition coefficient (Wildman–Crippen LogP) is 4.02. The molecule has 0 aliphatic heterocycles. The molecule has 2 aliphatic carbocycles. The largest absolute Gasteiger partial charge is 0.480 e. The Morgan fingerprint density at radius 3 is 1.05 bits per heavy atom. The average Bonchev–Trinajstić information content (AvgIpc) is 2.41. The fourth-order valence-corrected chi connectivity index (χ4v) is 3.19. The third-order valence-electron chi connectivity index (χ3n) is 4.06. The molecule has 4 nitrogen and oxygen atoms in total. The molecule has 0 aromatic heterocycles. The van der Waals surface area contributed by atoms with Crippen molar-refractivity contribution < 1.29 is 47.1 Å². The Labute approximate surface area is 155 Å². The Balaban J connectivity index is 0.000000364. The van der Waals surface area contributed by atoms with E-state index >= 15 is 0 Å².